The van der Waals surface area contributed by atoms with Crippen LogP contribution < -0.4 is 5.32 Å². The van der Waals surface area contributed by atoms with Gasteiger partial charge in [-0.1, -0.05) is 30.3 Å². The molecule has 0 bridgehead atoms. The molecule has 0 radical (unpaired) electrons. The minimum atomic E-state index is -0.234. The van der Waals surface area contributed by atoms with Gasteiger partial charge in [-0.2, -0.15) is 0 Å². The summed E-state index contributed by atoms with van der Waals surface area (Å²) >= 11 is 0. The molecule has 1 aromatic carbocycles. The predicted molar refractivity (Wildman–Crippen MR) is 80.7 cm³/mol. The van der Waals surface area contributed by atoms with Crippen molar-refractivity contribution in [2.75, 3.05) is 32.8 Å². The van der Waals surface area contributed by atoms with E-state index in [-0.39, 0.29) is 31.2 Å². The van der Waals surface area contributed by atoms with E-state index in [0.717, 1.165) is 24.8 Å². The van der Waals surface area contributed by atoms with Crippen LogP contribution in [-0.4, -0.2) is 53.9 Å². The third-order valence-corrected chi connectivity index (χ3v) is 4.11. The molecule has 1 fully saturated rings. The average molecular weight is 292 g/mol. The summed E-state index contributed by atoms with van der Waals surface area (Å²) in [5.74, 6) is -0.0551. The number of aliphatic hydroxyl groups is 2. The van der Waals surface area contributed by atoms with Gasteiger partial charge in [0, 0.05) is 13.1 Å². The van der Waals surface area contributed by atoms with Crippen molar-refractivity contribution in [3.8, 4) is 0 Å². The van der Waals surface area contributed by atoms with Crippen molar-refractivity contribution in [3.05, 3.63) is 35.9 Å². The molecule has 0 atom stereocenters. The van der Waals surface area contributed by atoms with Gasteiger partial charge in [0.05, 0.1) is 25.3 Å². The second-order valence-electron chi connectivity index (χ2n) is 5.57. The van der Waals surface area contributed by atoms with Crippen LogP contribution in [0.15, 0.2) is 30.3 Å². The van der Waals surface area contributed by atoms with E-state index in [2.05, 4.69) is 17.4 Å². The Morgan fingerprint density at radius 1 is 1.14 bits per heavy atom. The van der Waals surface area contributed by atoms with Crippen molar-refractivity contribution in [1.82, 2.24) is 10.2 Å². The smallest absolute Gasteiger partial charge is 0.234 e. The largest absolute Gasteiger partial charge is 0.395 e. The van der Waals surface area contributed by atoms with Crippen LogP contribution in [0.1, 0.15) is 24.8 Å². The minimum absolute atomic E-state index is 0.0168. The Balaban J connectivity index is 1.97. The van der Waals surface area contributed by atoms with Crippen LogP contribution in [0.2, 0.25) is 0 Å². The van der Waals surface area contributed by atoms with Crippen molar-refractivity contribution >= 4 is 5.91 Å². The van der Waals surface area contributed by atoms with E-state index >= 15 is 0 Å². The fourth-order valence-electron chi connectivity index (χ4n) is 2.84. The molecule has 0 saturated heterocycles. The van der Waals surface area contributed by atoms with Gasteiger partial charge >= 0.3 is 0 Å². The SMILES string of the molecule is O=C(CN(CCO)CCO)NC1(c2ccccc2)CCC1. The summed E-state index contributed by atoms with van der Waals surface area (Å²) in [6, 6.07) is 10.1. The first-order valence-corrected chi connectivity index (χ1v) is 7.51. The number of aliphatic hydroxyl groups excluding tert-OH is 2. The molecule has 0 unspecified atom stereocenters. The molecule has 5 heteroatoms. The standard InChI is InChI=1S/C16H24N2O3/c19-11-9-18(10-12-20)13-15(21)17-16(7-4-8-16)14-5-2-1-3-6-14/h1-3,5-6,19-20H,4,7-13H2,(H,17,21). The van der Waals surface area contributed by atoms with Crippen molar-refractivity contribution in [2.24, 2.45) is 0 Å². The van der Waals surface area contributed by atoms with Crippen LogP contribution in [0.4, 0.5) is 0 Å². The third kappa shape index (κ3) is 4.03. The van der Waals surface area contributed by atoms with Crippen molar-refractivity contribution < 1.29 is 15.0 Å². The summed E-state index contributed by atoms with van der Waals surface area (Å²) in [6.45, 7) is 0.961. The molecular weight excluding hydrogens is 268 g/mol. The highest BCUT2D eigenvalue weighted by Crippen LogP contribution is 2.41. The first-order valence-electron chi connectivity index (χ1n) is 7.51. The number of rotatable bonds is 8. The molecule has 116 valence electrons. The summed E-state index contributed by atoms with van der Waals surface area (Å²) < 4.78 is 0. The lowest BCUT2D eigenvalue weighted by atomic mass is 9.72. The Kier molecular flexibility index (Phi) is 5.73. The molecule has 0 spiro atoms. The lowest BCUT2D eigenvalue weighted by Gasteiger charge is -2.43. The molecular formula is C16H24N2O3. The summed E-state index contributed by atoms with van der Waals surface area (Å²) in [5, 5.41) is 21.1. The zero-order valence-electron chi connectivity index (χ0n) is 12.3. The monoisotopic (exact) mass is 292 g/mol. The van der Waals surface area contributed by atoms with Crippen LogP contribution in [0, 0.1) is 0 Å². The Hall–Kier alpha value is -1.43. The fraction of sp³-hybridized carbons (Fsp3) is 0.562. The first kappa shape index (κ1) is 15.9. The summed E-state index contributed by atoms with van der Waals surface area (Å²) in [4.78, 5) is 14.0. The van der Waals surface area contributed by atoms with Crippen LogP contribution in [-0.2, 0) is 10.3 Å². The normalized spacial score (nSPS) is 16.5. The van der Waals surface area contributed by atoms with Crippen LogP contribution in [0.25, 0.3) is 0 Å². The van der Waals surface area contributed by atoms with Crippen LogP contribution in [0.3, 0.4) is 0 Å². The predicted octanol–water partition coefficient (Wildman–Crippen LogP) is 0.469. The molecule has 1 amide bonds. The Labute approximate surface area is 125 Å². The Morgan fingerprint density at radius 3 is 2.24 bits per heavy atom. The second-order valence-corrected chi connectivity index (χ2v) is 5.57. The van der Waals surface area contributed by atoms with Gasteiger partial charge in [0.1, 0.15) is 0 Å². The number of nitrogens with one attached hydrogen (secondary N) is 1. The molecule has 5 nitrogen and oxygen atoms in total. The molecule has 1 aliphatic rings. The van der Waals surface area contributed by atoms with Gasteiger partial charge in [0.25, 0.3) is 0 Å². The minimum Gasteiger partial charge on any atom is -0.395 e. The van der Waals surface area contributed by atoms with Gasteiger partial charge < -0.3 is 15.5 Å². The summed E-state index contributed by atoms with van der Waals surface area (Å²) in [7, 11) is 0. The topological polar surface area (TPSA) is 72.8 Å². The average Bonchev–Trinajstić information content (AvgIpc) is 2.44. The van der Waals surface area contributed by atoms with Gasteiger partial charge in [-0.25, -0.2) is 0 Å². The van der Waals surface area contributed by atoms with Crippen LogP contribution >= 0.6 is 0 Å². The summed E-state index contributed by atoms with van der Waals surface area (Å²) in [6.07, 6.45) is 3.04. The molecule has 0 aliphatic heterocycles. The summed E-state index contributed by atoms with van der Waals surface area (Å²) in [5.41, 5.74) is 0.920. The highest BCUT2D eigenvalue weighted by Gasteiger charge is 2.39. The molecule has 1 saturated carbocycles. The molecule has 1 aliphatic carbocycles. The fourth-order valence-corrected chi connectivity index (χ4v) is 2.84. The molecule has 0 aromatic heterocycles. The third-order valence-electron chi connectivity index (χ3n) is 4.11. The highest BCUT2D eigenvalue weighted by molar-refractivity contribution is 5.79. The number of carbonyl (C=O) groups excluding carboxylic acids is 1. The zero-order chi connectivity index (χ0) is 15.1. The molecule has 21 heavy (non-hydrogen) atoms. The molecule has 0 heterocycles. The highest BCUT2D eigenvalue weighted by atomic mass is 16.3. The first-order chi connectivity index (χ1) is 10.2. The number of benzene rings is 1. The van der Waals surface area contributed by atoms with Gasteiger partial charge in [0.15, 0.2) is 0 Å². The molecule has 2 rings (SSSR count). The van der Waals surface area contributed by atoms with E-state index in [1.807, 2.05) is 18.2 Å². The van der Waals surface area contributed by atoms with Gasteiger partial charge in [-0.15, -0.1) is 0 Å². The number of nitrogens with zero attached hydrogens (tertiary/aromatic N) is 1. The maximum Gasteiger partial charge on any atom is 0.234 e. The number of amides is 1. The van der Waals surface area contributed by atoms with Gasteiger partial charge in [-0.3, -0.25) is 9.69 Å². The number of carbonyl (C=O) groups is 1. The van der Waals surface area contributed by atoms with Crippen molar-refractivity contribution in [1.29, 1.82) is 0 Å². The molecule has 3 N–H and O–H groups in total. The van der Waals surface area contributed by atoms with E-state index in [9.17, 15) is 4.79 Å². The van der Waals surface area contributed by atoms with E-state index in [1.165, 1.54) is 0 Å². The van der Waals surface area contributed by atoms with E-state index < -0.39 is 0 Å². The van der Waals surface area contributed by atoms with Crippen molar-refractivity contribution in [2.45, 2.75) is 24.8 Å². The zero-order valence-corrected chi connectivity index (χ0v) is 12.3. The second kappa shape index (κ2) is 7.54. The Bertz CT molecular complexity index is 440. The lowest BCUT2D eigenvalue weighted by Crippen LogP contribution is -2.53. The Morgan fingerprint density at radius 2 is 1.76 bits per heavy atom. The lowest BCUT2D eigenvalue weighted by molar-refractivity contribution is -0.125. The maximum atomic E-state index is 12.3. The van der Waals surface area contributed by atoms with E-state index in [4.69, 9.17) is 10.2 Å². The quantitative estimate of drug-likeness (QED) is 0.651. The van der Waals surface area contributed by atoms with Gasteiger partial charge in [0.2, 0.25) is 5.91 Å². The number of hydrogen-bond acceptors (Lipinski definition) is 4. The van der Waals surface area contributed by atoms with Crippen molar-refractivity contribution in [3.63, 3.8) is 0 Å². The maximum absolute atomic E-state index is 12.3. The van der Waals surface area contributed by atoms with E-state index in [1.54, 1.807) is 4.90 Å². The number of hydrogen-bond donors (Lipinski definition) is 3. The van der Waals surface area contributed by atoms with Gasteiger partial charge in [-0.05, 0) is 24.8 Å². The van der Waals surface area contributed by atoms with E-state index in [0.29, 0.717) is 13.1 Å². The van der Waals surface area contributed by atoms with Crippen LogP contribution in [0.5, 0.6) is 0 Å². The molecule has 1 aromatic rings.